The van der Waals surface area contributed by atoms with E-state index in [4.69, 9.17) is 4.74 Å². The minimum absolute atomic E-state index is 0.272. The Hall–Kier alpha value is -3.88. The Balaban J connectivity index is 1.32. The molecular formula is C26H28N4O5. The number of carbonyl (C=O) groups is 4. The summed E-state index contributed by atoms with van der Waals surface area (Å²) in [5, 5.41) is 5.20. The molecule has 1 saturated heterocycles. The molecule has 5 amide bonds. The van der Waals surface area contributed by atoms with Crippen LogP contribution in [0.25, 0.3) is 0 Å². The van der Waals surface area contributed by atoms with E-state index in [2.05, 4.69) is 10.6 Å². The maximum Gasteiger partial charge on any atom is 0.418 e. The minimum atomic E-state index is -1.42. The van der Waals surface area contributed by atoms with E-state index in [-0.39, 0.29) is 18.5 Å². The Bertz CT molecular complexity index is 1180. The third-order valence-corrected chi connectivity index (χ3v) is 6.88. The molecule has 9 nitrogen and oxygen atoms in total. The molecule has 1 aliphatic heterocycles. The van der Waals surface area contributed by atoms with E-state index < -0.39 is 17.6 Å². The Morgan fingerprint density at radius 2 is 1.91 bits per heavy atom. The van der Waals surface area contributed by atoms with Gasteiger partial charge in [-0.1, -0.05) is 36.4 Å². The molecule has 5 rings (SSSR count). The molecule has 1 heterocycles. The molecular weight excluding hydrogens is 448 g/mol. The van der Waals surface area contributed by atoms with Crippen LogP contribution in [0.5, 0.6) is 0 Å². The normalized spacial score (nSPS) is 20.5. The lowest BCUT2D eigenvalue weighted by molar-refractivity contribution is -0.142. The third kappa shape index (κ3) is 4.45. The fourth-order valence-electron chi connectivity index (χ4n) is 4.83. The van der Waals surface area contributed by atoms with Crippen molar-refractivity contribution in [2.24, 2.45) is 5.92 Å². The first-order chi connectivity index (χ1) is 16.9. The van der Waals surface area contributed by atoms with Crippen molar-refractivity contribution in [2.45, 2.75) is 37.8 Å². The Labute approximate surface area is 203 Å². The van der Waals surface area contributed by atoms with Crippen LogP contribution in [-0.4, -0.2) is 53.9 Å². The molecule has 1 saturated carbocycles. The first-order valence-corrected chi connectivity index (χ1v) is 11.9. The average molecular weight is 477 g/mol. The highest BCUT2D eigenvalue weighted by Gasteiger charge is 2.58. The molecule has 0 bridgehead atoms. The lowest BCUT2D eigenvalue weighted by Crippen LogP contribution is -2.45. The number of imide groups is 1. The highest BCUT2D eigenvalue weighted by atomic mass is 16.6. The molecule has 0 unspecified atom stereocenters. The van der Waals surface area contributed by atoms with E-state index in [1.165, 1.54) is 7.05 Å². The van der Waals surface area contributed by atoms with Gasteiger partial charge in [-0.15, -0.1) is 0 Å². The number of nitrogens with one attached hydrogen (secondary N) is 2. The van der Waals surface area contributed by atoms with Crippen molar-refractivity contribution in [1.29, 1.82) is 0 Å². The number of rotatable bonds is 7. The van der Waals surface area contributed by atoms with Crippen molar-refractivity contribution in [3.05, 3.63) is 65.2 Å². The lowest BCUT2D eigenvalue weighted by atomic mass is 9.94. The van der Waals surface area contributed by atoms with Crippen LogP contribution in [0.4, 0.5) is 15.3 Å². The summed E-state index contributed by atoms with van der Waals surface area (Å²) in [5.74, 6) is -0.311. The first-order valence-electron chi connectivity index (χ1n) is 11.9. The maximum atomic E-state index is 13.5. The fourth-order valence-corrected chi connectivity index (χ4v) is 4.83. The number of nitrogens with zero attached hydrogens (tertiary/aromatic N) is 2. The van der Waals surface area contributed by atoms with Gasteiger partial charge in [-0.05, 0) is 48.4 Å². The van der Waals surface area contributed by atoms with E-state index >= 15 is 0 Å². The minimum Gasteiger partial charge on any atom is -0.427 e. The summed E-state index contributed by atoms with van der Waals surface area (Å²) in [5.41, 5.74) is 1.60. The molecule has 182 valence electrons. The molecule has 1 spiro atoms. The predicted molar refractivity (Wildman–Crippen MR) is 127 cm³/mol. The number of aryl methyl sites for hydroxylation is 1. The van der Waals surface area contributed by atoms with Crippen molar-refractivity contribution in [1.82, 2.24) is 15.1 Å². The molecule has 2 aromatic rings. The zero-order valence-corrected chi connectivity index (χ0v) is 19.6. The highest BCUT2D eigenvalue weighted by molar-refractivity contribution is 6.06. The molecule has 2 aliphatic carbocycles. The van der Waals surface area contributed by atoms with Crippen LogP contribution in [0.1, 0.15) is 36.0 Å². The molecule has 35 heavy (non-hydrogen) atoms. The van der Waals surface area contributed by atoms with Gasteiger partial charge in [0.25, 0.3) is 5.91 Å². The van der Waals surface area contributed by atoms with E-state index in [1.807, 2.05) is 30.3 Å². The van der Waals surface area contributed by atoms with Crippen LogP contribution < -0.4 is 10.6 Å². The van der Waals surface area contributed by atoms with Crippen molar-refractivity contribution in [3.63, 3.8) is 0 Å². The number of ether oxygens (including phenoxy) is 1. The quantitative estimate of drug-likeness (QED) is 0.639. The molecule has 1 atom stereocenters. The second-order valence-corrected chi connectivity index (χ2v) is 9.37. The fraction of sp³-hybridized carbons (Fsp3) is 0.385. The lowest BCUT2D eigenvalue weighted by Gasteiger charge is -2.25. The van der Waals surface area contributed by atoms with Gasteiger partial charge in [-0.2, -0.15) is 0 Å². The zero-order valence-electron chi connectivity index (χ0n) is 19.6. The number of hydrogen-bond acceptors (Lipinski definition) is 5. The monoisotopic (exact) mass is 476 g/mol. The largest absolute Gasteiger partial charge is 0.427 e. The summed E-state index contributed by atoms with van der Waals surface area (Å²) in [6, 6.07) is 14.5. The molecule has 9 heteroatoms. The SMILES string of the molecule is CNC(=O)Nc1ccc2c(c1)CC[C@@]21OC(=O)N(CC(=O)N(Cc2ccccc2)CC2CC2)C1=O. The van der Waals surface area contributed by atoms with Crippen LogP contribution in [0.3, 0.4) is 0 Å². The van der Waals surface area contributed by atoms with Gasteiger partial charge in [-0.3, -0.25) is 9.59 Å². The number of benzene rings is 2. The van der Waals surface area contributed by atoms with Crippen molar-refractivity contribution in [2.75, 3.05) is 25.5 Å². The average Bonchev–Trinajstić information content (AvgIpc) is 3.56. The molecule has 0 aromatic heterocycles. The highest BCUT2D eigenvalue weighted by Crippen LogP contribution is 2.46. The third-order valence-electron chi connectivity index (χ3n) is 6.88. The number of fused-ring (bicyclic) bond motifs is 2. The van der Waals surface area contributed by atoms with Crippen LogP contribution in [0, 0.1) is 5.92 Å². The summed E-state index contributed by atoms with van der Waals surface area (Å²) in [6.45, 7) is 0.701. The topological polar surface area (TPSA) is 108 Å². The van der Waals surface area contributed by atoms with Crippen molar-refractivity contribution >= 4 is 29.6 Å². The summed E-state index contributed by atoms with van der Waals surface area (Å²) in [4.78, 5) is 53.9. The maximum absolute atomic E-state index is 13.5. The van der Waals surface area contributed by atoms with E-state index in [0.717, 1.165) is 28.9 Å². The number of amides is 5. The Morgan fingerprint density at radius 3 is 2.63 bits per heavy atom. The van der Waals surface area contributed by atoms with Gasteiger partial charge in [-0.25, -0.2) is 14.5 Å². The van der Waals surface area contributed by atoms with Gasteiger partial charge in [0.1, 0.15) is 6.54 Å². The van der Waals surface area contributed by atoms with Crippen LogP contribution in [0.2, 0.25) is 0 Å². The van der Waals surface area contributed by atoms with Gasteiger partial charge in [0.2, 0.25) is 11.5 Å². The number of urea groups is 1. The predicted octanol–water partition coefficient (Wildman–Crippen LogP) is 3.00. The van der Waals surface area contributed by atoms with E-state index in [9.17, 15) is 19.2 Å². The number of carbonyl (C=O) groups excluding carboxylic acids is 4. The molecule has 2 N–H and O–H groups in total. The van der Waals surface area contributed by atoms with E-state index in [1.54, 1.807) is 23.1 Å². The van der Waals surface area contributed by atoms with Crippen molar-refractivity contribution in [3.8, 4) is 0 Å². The second-order valence-electron chi connectivity index (χ2n) is 9.37. The first kappa shape index (κ1) is 22.9. The van der Waals surface area contributed by atoms with Gasteiger partial charge < -0.3 is 20.3 Å². The van der Waals surface area contributed by atoms with Crippen LogP contribution in [-0.2, 0) is 32.9 Å². The van der Waals surface area contributed by atoms with Crippen LogP contribution >= 0.6 is 0 Å². The van der Waals surface area contributed by atoms with Gasteiger partial charge in [0, 0.05) is 37.8 Å². The zero-order chi connectivity index (χ0) is 24.6. The Kier molecular flexibility index (Phi) is 5.92. The van der Waals surface area contributed by atoms with Crippen LogP contribution in [0.15, 0.2) is 48.5 Å². The van der Waals surface area contributed by atoms with Crippen molar-refractivity contribution < 1.29 is 23.9 Å². The summed E-state index contributed by atoms with van der Waals surface area (Å²) in [6.07, 6.45) is 2.19. The second kappa shape index (κ2) is 9.05. The summed E-state index contributed by atoms with van der Waals surface area (Å²) >= 11 is 0. The standard InChI is InChI=1S/C26H28N4O5/c1-27-24(33)28-20-9-10-21-19(13-20)11-12-26(21)23(32)30(25(34)35-26)16-22(31)29(15-18-7-8-18)14-17-5-3-2-4-6-17/h2-6,9-10,13,18H,7-8,11-12,14-16H2,1H3,(H2,27,28,33)/t26-/m1/s1. The molecule has 3 aliphatic rings. The molecule has 2 fully saturated rings. The number of anilines is 1. The smallest absolute Gasteiger partial charge is 0.418 e. The summed E-state index contributed by atoms with van der Waals surface area (Å²) < 4.78 is 5.66. The summed E-state index contributed by atoms with van der Waals surface area (Å²) in [7, 11) is 1.52. The van der Waals surface area contributed by atoms with Gasteiger partial charge in [0.05, 0.1) is 0 Å². The molecule has 0 radical (unpaired) electrons. The Morgan fingerprint density at radius 1 is 1.14 bits per heavy atom. The van der Waals surface area contributed by atoms with E-state index in [0.29, 0.717) is 43.1 Å². The van der Waals surface area contributed by atoms with Gasteiger partial charge >= 0.3 is 12.1 Å². The van der Waals surface area contributed by atoms with Gasteiger partial charge in [0.15, 0.2) is 0 Å². The molecule has 2 aromatic carbocycles. The number of hydrogen-bond donors (Lipinski definition) is 2.